The summed E-state index contributed by atoms with van der Waals surface area (Å²) in [5.74, 6) is 0.698. The van der Waals surface area contributed by atoms with Gasteiger partial charge in [0.2, 0.25) is 5.91 Å². The van der Waals surface area contributed by atoms with E-state index in [2.05, 4.69) is 10.6 Å². The van der Waals surface area contributed by atoms with Crippen LogP contribution in [-0.2, 0) is 4.79 Å². The van der Waals surface area contributed by atoms with Crippen LogP contribution in [0.15, 0.2) is 18.2 Å². The molecule has 100 valence electrons. The second-order valence-corrected chi connectivity index (χ2v) is 4.96. The zero-order valence-corrected chi connectivity index (χ0v) is 11.9. The molecule has 1 aromatic rings. The van der Waals surface area contributed by atoms with Gasteiger partial charge in [-0.05, 0) is 44.0 Å². The van der Waals surface area contributed by atoms with Crippen LogP contribution >= 0.6 is 12.4 Å². The predicted molar refractivity (Wildman–Crippen MR) is 77.3 cm³/mol. The summed E-state index contributed by atoms with van der Waals surface area (Å²) in [7, 11) is 0. The molecular weight excluding hydrogens is 248 g/mol. The van der Waals surface area contributed by atoms with Crippen LogP contribution in [0.4, 0.5) is 5.69 Å². The highest BCUT2D eigenvalue weighted by Gasteiger charge is 2.28. The number of amides is 1. The van der Waals surface area contributed by atoms with E-state index in [4.69, 9.17) is 0 Å². The molecule has 1 fully saturated rings. The Morgan fingerprint density at radius 1 is 1.33 bits per heavy atom. The van der Waals surface area contributed by atoms with E-state index in [1.807, 2.05) is 39.0 Å². The molecular formula is C14H21ClN2O. The van der Waals surface area contributed by atoms with Crippen molar-refractivity contribution < 1.29 is 4.79 Å². The van der Waals surface area contributed by atoms with Gasteiger partial charge in [0.05, 0.1) is 0 Å². The van der Waals surface area contributed by atoms with E-state index in [0.717, 1.165) is 29.9 Å². The fourth-order valence-electron chi connectivity index (χ4n) is 2.13. The number of carbonyl (C=O) groups excluding carboxylic acids is 1. The normalized spacial score (nSPS) is 16.4. The smallest absolute Gasteiger partial charge is 0.227 e. The summed E-state index contributed by atoms with van der Waals surface area (Å²) in [4.78, 5) is 12.1. The third kappa shape index (κ3) is 3.03. The molecule has 1 atom stereocenters. The molecule has 3 nitrogen and oxygen atoms in total. The average molecular weight is 269 g/mol. The number of hydrogen-bond donors (Lipinski definition) is 2. The summed E-state index contributed by atoms with van der Waals surface area (Å²) in [6.07, 6.45) is 0. The van der Waals surface area contributed by atoms with E-state index in [0.29, 0.717) is 5.92 Å². The van der Waals surface area contributed by atoms with Crippen molar-refractivity contribution in [2.45, 2.75) is 20.8 Å². The number of aryl methyl sites for hydroxylation is 2. The Bertz CT molecular complexity index is 410. The van der Waals surface area contributed by atoms with Crippen LogP contribution in [0.2, 0.25) is 0 Å². The maximum atomic E-state index is 12.1. The highest BCUT2D eigenvalue weighted by molar-refractivity contribution is 5.94. The van der Waals surface area contributed by atoms with Gasteiger partial charge in [0.1, 0.15) is 0 Å². The maximum Gasteiger partial charge on any atom is 0.227 e. The number of carbonyl (C=O) groups is 1. The Morgan fingerprint density at radius 2 is 1.89 bits per heavy atom. The first kappa shape index (κ1) is 15.0. The molecule has 4 heteroatoms. The molecule has 0 spiro atoms. The Kier molecular flexibility index (Phi) is 5.17. The molecule has 0 aromatic heterocycles. The summed E-state index contributed by atoms with van der Waals surface area (Å²) in [6, 6.07) is 6.07. The van der Waals surface area contributed by atoms with Gasteiger partial charge in [-0.1, -0.05) is 25.1 Å². The van der Waals surface area contributed by atoms with Gasteiger partial charge in [-0.15, -0.1) is 12.4 Å². The van der Waals surface area contributed by atoms with Crippen molar-refractivity contribution in [2.75, 3.05) is 18.4 Å². The summed E-state index contributed by atoms with van der Waals surface area (Å²) in [5.41, 5.74) is 3.21. The Balaban J connectivity index is 0.00000162. The fraction of sp³-hybridized carbons (Fsp3) is 0.500. The molecule has 0 saturated carbocycles. The minimum absolute atomic E-state index is 0. The molecule has 18 heavy (non-hydrogen) atoms. The van der Waals surface area contributed by atoms with Gasteiger partial charge in [-0.25, -0.2) is 0 Å². The van der Waals surface area contributed by atoms with Crippen LogP contribution in [0.25, 0.3) is 0 Å². The molecule has 1 saturated heterocycles. The lowest BCUT2D eigenvalue weighted by Gasteiger charge is -2.32. The minimum Gasteiger partial charge on any atom is -0.325 e. The van der Waals surface area contributed by atoms with Gasteiger partial charge >= 0.3 is 0 Å². The van der Waals surface area contributed by atoms with Gasteiger partial charge in [-0.2, -0.15) is 0 Å². The monoisotopic (exact) mass is 268 g/mol. The first-order valence-corrected chi connectivity index (χ1v) is 6.17. The third-order valence-electron chi connectivity index (χ3n) is 3.66. The first-order valence-electron chi connectivity index (χ1n) is 6.17. The summed E-state index contributed by atoms with van der Waals surface area (Å²) < 4.78 is 0. The molecule has 1 unspecified atom stereocenters. The number of halogens is 1. The number of benzene rings is 1. The number of hydrogen-bond acceptors (Lipinski definition) is 2. The highest BCUT2D eigenvalue weighted by atomic mass is 35.5. The van der Waals surface area contributed by atoms with Crippen molar-refractivity contribution in [1.82, 2.24) is 5.32 Å². The van der Waals surface area contributed by atoms with E-state index in [1.165, 1.54) is 0 Å². The molecule has 1 heterocycles. The van der Waals surface area contributed by atoms with Gasteiger partial charge in [-0.3, -0.25) is 4.79 Å². The summed E-state index contributed by atoms with van der Waals surface area (Å²) in [5, 5.41) is 6.26. The molecule has 1 aliphatic rings. The zero-order chi connectivity index (χ0) is 12.4. The van der Waals surface area contributed by atoms with Crippen LogP contribution < -0.4 is 10.6 Å². The molecule has 1 amide bonds. The van der Waals surface area contributed by atoms with Crippen molar-refractivity contribution in [3.05, 3.63) is 29.3 Å². The third-order valence-corrected chi connectivity index (χ3v) is 3.66. The van der Waals surface area contributed by atoms with E-state index < -0.39 is 0 Å². The topological polar surface area (TPSA) is 41.1 Å². The molecule has 0 radical (unpaired) electrons. The second-order valence-electron chi connectivity index (χ2n) is 4.96. The number of para-hydroxylation sites is 1. The lowest BCUT2D eigenvalue weighted by Crippen LogP contribution is -2.48. The van der Waals surface area contributed by atoms with Gasteiger partial charge in [0, 0.05) is 11.6 Å². The summed E-state index contributed by atoms with van der Waals surface area (Å²) >= 11 is 0. The van der Waals surface area contributed by atoms with Crippen molar-refractivity contribution in [1.29, 1.82) is 0 Å². The molecule has 2 N–H and O–H groups in total. The molecule has 0 bridgehead atoms. The van der Waals surface area contributed by atoms with Crippen LogP contribution in [0, 0.1) is 25.7 Å². The van der Waals surface area contributed by atoms with Gasteiger partial charge in [0.15, 0.2) is 0 Å². The molecule has 1 aliphatic heterocycles. The predicted octanol–water partition coefficient (Wildman–Crippen LogP) is 2.52. The van der Waals surface area contributed by atoms with Crippen molar-refractivity contribution in [2.24, 2.45) is 11.8 Å². The lowest BCUT2D eigenvalue weighted by molar-refractivity contribution is -0.121. The molecule has 0 aliphatic carbocycles. The zero-order valence-electron chi connectivity index (χ0n) is 11.1. The van der Waals surface area contributed by atoms with Crippen molar-refractivity contribution in [3.63, 3.8) is 0 Å². The second kappa shape index (κ2) is 6.21. The molecule has 1 aromatic carbocycles. The van der Waals surface area contributed by atoms with E-state index in [9.17, 15) is 4.79 Å². The standard InChI is InChI=1S/C14H20N2O.ClH/c1-9-5-4-6-10(2)13(9)16-14(17)11(3)12-7-15-8-12;/h4-6,11-12,15H,7-8H2,1-3H3,(H,16,17);1H. The van der Waals surface area contributed by atoms with Crippen LogP contribution in [0.5, 0.6) is 0 Å². The molecule has 2 rings (SSSR count). The number of rotatable bonds is 3. The Labute approximate surface area is 115 Å². The van der Waals surface area contributed by atoms with E-state index >= 15 is 0 Å². The number of nitrogens with one attached hydrogen (secondary N) is 2. The number of anilines is 1. The van der Waals surface area contributed by atoms with Crippen LogP contribution in [0.1, 0.15) is 18.1 Å². The summed E-state index contributed by atoms with van der Waals surface area (Å²) in [6.45, 7) is 7.98. The van der Waals surface area contributed by atoms with Crippen molar-refractivity contribution >= 4 is 24.0 Å². The van der Waals surface area contributed by atoms with E-state index in [-0.39, 0.29) is 24.2 Å². The first-order chi connectivity index (χ1) is 8.09. The van der Waals surface area contributed by atoms with Crippen molar-refractivity contribution in [3.8, 4) is 0 Å². The largest absolute Gasteiger partial charge is 0.325 e. The quantitative estimate of drug-likeness (QED) is 0.885. The van der Waals surface area contributed by atoms with Gasteiger partial charge < -0.3 is 10.6 Å². The van der Waals surface area contributed by atoms with Gasteiger partial charge in [0.25, 0.3) is 0 Å². The minimum atomic E-state index is 0. The van der Waals surface area contributed by atoms with E-state index in [1.54, 1.807) is 0 Å². The average Bonchev–Trinajstić information content (AvgIpc) is 2.21. The van der Waals surface area contributed by atoms with Crippen LogP contribution in [0.3, 0.4) is 0 Å². The van der Waals surface area contributed by atoms with Crippen LogP contribution in [-0.4, -0.2) is 19.0 Å². The highest BCUT2D eigenvalue weighted by Crippen LogP contribution is 2.22. The Hall–Kier alpha value is -1.06. The fourth-order valence-corrected chi connectivity index (χ4v) is 2.13. The lowest BCUT2D eigenvalue weighted by atomic mass is 9.88. The Morgan fingerprint density at radius 3 is 2.33 bits per heavy atom. The maximum absolute atomic E-state index is 12.1. The SMILES string of the molecule is Cc1cccc(C)c1NC(=O)C(C)C1CNC1.Cl.